The normalized spacial score (nSPS) is 16.7. The average molecular weight is 484 g/mol. The third-order valence-electron chi connectivity index (χ3n) is 7.10. The summed E-state index contributed by atoms with van der Waals surface area (Å²) in [5.41, 5.74) is 5.44. The lowest BCUT2D eigenvalue weighted by Gasteiger charge is -2.37. The average Bonchev–Trinajstić information content (AvgIpc) is 2.82. The highest BCUT2D eigenvalue weighted by molar-refractivity contribution is 7.49. The molecule has 0 spiro atoms. The Labute approximate surface area is 210 Å². The van der Waals surface area contributed by atoms with Crippen molar-refractivity contribution in [2.45, 2.75) is 90.6 Å². The van der Waals surface area contributed by atoms with Crippen LogP contribution in [0.2, 0.25) is 0 Å². The monoisotopic (exact) mass is 483 g/mol. The van der Waals surface area contributed by atoms with E-state index in [-0.39, 0.29) is 17.4 Å². The van der Waals surface area contributed by atoms with Crippen LogP contribution >= 0.6 is 8.58 Å². The van der Waals surface area contributed by atoms with Crippen molar-refractivity contribution in [3.8, 4) is 5.75 Å². The first kappa shape index (κ1) is 27.0. The van der Waals surface area contributed by atoms with Crippen LogP contribution in [-0.2, 0) is 15.3 Å². The summed E-state index contributed by atoms with van der Waals surface area (Å²) in [6, 6.07) is 13.9. The number of anilines is 1. The predicted molar refractivity (Wildman–Crippen MR) is 150 cm³/mol. The van der Waals surface area contributed by atoms with Crippen LogP contribution in [0.4, 0.5) is 5.69 Å². The highest BCUT2D eigenvalue weighted by atomic mass is 31.1. The Morgan fingerprint density at radius 2 is 1.71 bits per heavy atom. The molecule has 0 saturated carbocycles. The molecule has 188 valence electrons. The van der Waals surface area contributed by atoms with Crippen molar-refractivity contribution in [3.63, 3.8) is 0 Å². The molecule has 3 rings (SSSR count). The Bertz CT molecular complexity index is 930. The summed E-state index contributed by atoms with van der Waals surface area (Å²) in [6.07, 6.45) is 7.50. The summed E-state index contributed by atoms with van der Waals surface area (Å²) in [6.45, 7) is 16.5. The second kappa shape index (κ2) is 11.9. The zero-order valence-electron chi connectivity index (χ0n) is 22.6. The number of rotatable bonds is 10. The molecule has 1 heterocycles. The zero-order valence-corrected chi connectivity index (χ0v) is 23.6. The Hall–Kier alpha value is -1.57. The van der Waals surface area contributed by atoms with Crippen LogP contribution in [0.15, 0.2) is 36.4 Å². The standard InChI is InChI=1S/C30H46NO2P/c1-8-9-17-30(6,34-27-16-12-11-15-26(27)31-18-13-10-14-19-31)25-21-24(29(3,4)5)20-23(2)28(25)33-22-32-7/h11-12,15-16,20-21,34H,8-10,13-14,17-19,22H2,1-7H3. The van der Waals surface area contributed by atoms with Gasteiger partial charge < -0.3 is 14.4 Å². The van der Waals surface area contributed by atoms with Gasteiger partial charge in [-0.1, -0.05) is 86.4 Å². The summed E-state index contributed by atoms with van der Waals surface area (Å²) < 4.78 is 11.6. The molecule has 1 saturated heterocycles. The number of piperidine rings is 1. The van der Waals surface area contributed by atoms with E-state index in [0.29, 0.717) is 8.58 Å². The Balaban J connectivity index is 2.11. The second-order valence-corrected chi connectivity index (χ2v) is 13.0. The van der Waals surface area contributed by atoms with E-state index in [9.17, 15) is 0 Å². The maximum atomic E-state index is 6.27. The fourth-order valence-electron chi connectivity index (χ4n) is 5.01. The van der Waals surface area contributed by atoms with E-state index < -0.39 is 0 Å². The number of nitrogens with zero attached hydrogens (tertiary/aromatic N) is 1. The number of benzene rings is 2. The second-order valence-electron chi connectivity index (χ2n) is 11.1. The maximum absolute atomic E-state index is 6.27. The van der Waals surface area contributed by atoms with E-state index >= 15 is 0 Å². The van der Waals surface area contributed by atoms with Gasteiger partial charge in [0.1, 0.15) is 5.75 Å². The molecular weight excluding hydrogens is 437 g/mol. The molecule has 4 heteroatoms. The zero-order chi connectivity index (χ0) is 24.8. The molecule has 1 fully saturated rings. The summed E-state index contributed by atoms with van der Waals surface area (Å²) >= 11 is 0. The molecule has 0 bridgehead atoms. The fraction of sp³-hybridized carbons (Fsp3) is 0.600. The number of aryl methyl sites for hydroxylation is 1. The van der Waals surface area contributed by atoms with Crippen molar-refractivity contribution in [1.29, 1.82) is 0 Å². The SMILES string of the molecule is CCCCC(C)(Pc1ccccc1N1CCCCC1)c1cc(C(C)(C)C)cc(C)c1OCOC. The van der Waals surface area contributed by atoms with Crippen molar-refractivity contribution in [3.05, 3.63) is 53.1 Å². The predicted octanol–water partition coefficient (Wildman–Crippen LogP) is 7.67. The molecule has 1 aliphatic heterocycles. The molecule has 34 heavy (non-hydrogen) atoms. The largest absolute Gasteiger partial charge is 0.467 e. The van der Waals surface area contributed by atoms with Gasteiger partial charge in [0.25, 0.3) is 0 Å². The molecule has 2 aromatic rings. The quantitative estimate of drug-likeness (QED) is 0.256. The van der Waals surface area contributed by atoms with Gasteiger partial charge in [0, 0.05) is 36.6 Å². The van der Waals surface area contributed by atoms with E-state index in [1.54, 1.807) is 7.11 Å². The molecule has 2 atom stereocenters. The van der Waals surface area contributed by atoms with E-state index in [2.05, 4.69) is 82.8 Å². The minimum atomic E-state index is -0.00298. The lowest BCUT2D eigenvalue weighted by molar-refractivity contribution is 0.0495. The van der Waals surface area contributed by atoms with Crippen LogP contribution < -0.4 is 14.9 Å². The molecule has 0 amide bonds. The van der Waals surface area contributed by atoms with Gasteiger partial charge in [0.15, 0.2) is 6.79 Å². The maximum Gasteiger partial charge on any atom is 0.188 e. The Morgan fingerprint density at radius 1 is 1.00 bits per heavy atom. The molecule has 1 aliphatic rings. The minimum absolute atomic E-state index is 0.00298. The third-order valence-corrected chi connectivity index (χ3v) is 8.86. The van der Waals surface area contributed by atoms with Crippen LogP contribution in [-0.4, -0.2) is 27.0 Å². The molecule has 3 nitrogen and oxygen atoms in total. The molecule has 0 aliphatic carbocycles. The number of methoxy groups -OCH3 is 1. The van der Waals surface area contributed by atoms with Crippen LogP contribution in [0.5, 0.6) is 5.75 Å². The summed E-state index contributed by atoms with van der Waals surface area (Å²) in [7, 11) is 2.37. The Kier molecular flexibility index (Phi) is 9.47. The molecule has 0 radical (unpaired) electrons. The van der Waals surface area contributed by atoms with Crippen molar-refractivity contribution < 1.29 is 9.47 Å². The van der Waals surface area contributed by atoms with Gasteiger partial charge in [-0.2, -0.15) is 0 Å². The van der Waals surface area contributed by atoms with Crippen LogP contribution in [0, 0.1) is 6.92 Å². The van der Waals surface area contributed by atoms with E-state index in [1.807, 2.05) is 0 Å². The number of hydrogen-bond donors (Lipinski definition) is 0. The highest BCUT2D eigenvalue weighted by Crippen LogP contribution is 2.51. The van der Waals surface area contributed by atoms with Gasteiger partial charge in [0.05, 0.1) is 0 Å². The smallest absolute Gasteiger partial charge is 0.188 e. The Morgan fingerprint density at radius 3 is 2.35 bits per heavy atom. The van der Waals surface area contributed by atoms with E-state index in [1.165, 1.54) is 72.9 Å². The minimum Gasteiger partial charge on any atom is -0.467 e. The lowest BCUT2D eigenvalue weighted by Crippen LogP contribution is -2.33. The number of hydrogen-bond acceptors (Lipinski definition) is 3. The molecular formula is C30H46NO2P. The van der Waals surface area contributed by atoms with E-state index in [4.69, 9.17) is 9.47 Å². The van der Waals surface area contributed by atoms with Crippen molar-refractivity contribution in [1.82, 2.24) is 0 Å². The van der Waals surface area contributed by atoms with Crippen LogP contribution in [0.1, 0.15) is 89.8 Å². The van der Waals surface area contributed by atoms with Gasteiger partial charge in [-0.3, -0.25) is 0 Å². The topological polar surface area (TPSA) is 21.7 Å². The molecule has 0 N–H and O–H groups in total. The highest BCUT2D eigenvalue weighted by Gasteiger charge is 2.33. The fourth-order valence-corrected chi connectivity index (χ4v) is 6.77. The van der Waals surface area contributed by atoms with Gasteiger partial charge in [-0.05, 0) is 60.5 Å². The van der Waals surface area contributed by atoms with Gasteiger partial charge in [0.2, 0.25) is 0 Å². The van der Waals surface area contributed by atoms with Crippen LogP contribution in [0.25, 0.3) is 0 Å². The number of ether oxygens (including phenoxy) is 2. The van der Waals surface area contributed by atoms with Gasteiger partial charge in [-0.15, -0.1) is 0 Å². The van der Waals surface area contributed by atoms with E-state index in [0.717, 1.165) is 12.2 Å². The molecule has 2 aromatic carbocycles. The summed E-state index contributed by atoms with van der Waals surface area (Å²) in [5.74, 6) is 1.01. The van der Waals surface area contributed by atoms with Crippen molar-refractivity contribution in [2.24, 2.45) is 0 Å². The van der Waals surface area contributed by atoms with Gasteiger partial charge in [-0.25, -0.2) is 0 Å². The third kappa shape index (κ3) is 6.55. The van der Waals surface area contributed by atoms with Crippen molar-refractivity contribution in [2.75, 3.05) is 31.9 Å². The molecule has 2 unspecified atom stereocenters. The first-order valence-electron chi connectivity index (χ1n) is 13.1. The van der Waals surface area contributed by atoms with Crippen LogP contribution in [0.3, 0.4) is 0 Å². The molecule has 0 aromatic heterocycles. The van der Waals surface area contributed by atoms with Gasteiger partial charge >= 0.3 is 0 Å². The first-order valence-corrected chi connectivity index (χ1v) is 14.1. The summed E-state index contributed by atoms with van der Waals surface area (Å²) in [4.78, 5) is 2.62. The number of para-hydroxylation sites is 1. The van der Waals surface area contributed by atoms with Crippen molar-refractivity contribution >= 4 is 19.6 Å². The summed E-state index contributed by atoms with van der Waals surface area (Å²) in [5, 5.41) is 1.48. The lowest BCUT2D eigenvalue weighted by atomic mass is 9.82. The number of unbranched alkanes of at least 4 members (excludes halogenated alkanes) is 1. The first-order chi connectivity index (χ1) is 16.2.